The van der Waals surface area contributed by atoms with Crippen molar-refractivity contribution in [2.75, 3.05) is 18.1 Å². The van der Waals surface area contributed by atoms with Crippen molar-refractivity contribution in [3.05, 3.63) is 11.9 Å². The van der Waals surface area contributed by atoms with Crippen LogP contribution in [-0.4, -0.2) is 37.5 Å². The van der Waals surface area contributed by atoms with E-state index in [0.29, 0.717) is 0 Å². The van der Waals surface area contributed by atoms with Crippen molar-refractivity contribution in [1.29, 1.82) is 0 Å². The number of thioether (sulfide) groups is 1. The van der Waals surface area contributed by atoms with Gasteiger partial charge in [0.15, 0.2) is 10.3 Å². The number of nitrogens with one attached hydrogen (secondary N) is 1. The minimum absolute atomic E-state index is 0.750. The molecule has 0 bridgehead atoms. The van der Waals surface area contributed by atoms with Gasteiger partial charge in [0.2, 0.25) is 0 Å². The zero-order valence-electron chi connectivity index (χ0n) is 11.3. The van der Waals surface area contributed by atoms with Crippen LogP contribution in [0.1, 0.15) is 12.7 Å². The Kier molecular flexibility index (Phi) is 4.65. The average Bonchev–Trinajstić information content (AvgIpc) is 2.71. The number of aromatic nitrogens is 5. The lowest BCUT2D eigenvalue weighted by atomic mass is 10.5. The summed E-state index contributed by atoms with van der Waals surface area (Å²) in [6.45, 7) is 4.80. The maximum absolute atomic E-state index is 4.47. The maximum Gasteiger partial charge on any atom is 0.197 e. The molecular weight excluding hydrogens is 280 g/mol. The second-order valence-corrected chi connectivity index (χ2v) is 5.56. The summed E-state index contributed by atoms with van der Waals surface area (Å²) in [6, 6.07) is 1.93. The largest absolute Gasteiger partial charge is 0.370 e. The first kappa shape index (κ1) is 14.1. The quantitative estimate of drug-likeness (QED) is 0.515. The van der Waals surface area contributed by atoms with Crippen molar-refractivity contribution in [2.24, 2.45) is 7.05 Å². The normalized spacial score (nSPS) is 10.7. The van der Waals surface area contributed by atoms with Crippen LogP contribution < -0.4 is 5.32 Å². The van der Waals surface area contributed by atoms with Gasteiger partial charge in [0.1, 0.15) is 16.7 Å². The van der Waals surface area contributed by atoms with Gasteiger partial charge in [0.25, 0.3) is 0 Å². The second kappa shape index (κ2) is 6.25. The van der Waals surface area contributed by atoms with E-state index in [0.717, 1.165) is 33.5 Å². The van der Waals surface area contributed by atoms with Gasteiger partial charge in [-0.2, -0.15) is 0 Å². The molecule has 0 aromatic carbocycles. The molecule has 0 atom stereocenters. The van der Waals surface area contributed by atoms with Crippen LogP contribution in [-0.2, 0) is 7.05 Å². The molecule has 0 saturated carbocycles. The lowest BCUT2D eigenvalue weighted by Crippen LogP contribution is -2.02. The van der Waals surface area contributed by atoms with E-state index >= 15 is 0 Å². The molecule has 19 heavy (non-hydrogen) atoms. The van der Waals surface area contributed by atoms with Crippen molar-refractivity contribution >= 4 is 29.3 Å². The van der Waals surface area contributed by atoms with Crippen molar-refractivity contribution in [2.45, 2.75) is 29.2 Å². The zero-order chi connectivity index (χ0) is 13.8. The fraction of sp³-hybridized carbons (Fsp3) is 0.455. The van der Waals surface area contributed by atoms with Crippen LogP contribution in [0, 0.1) is 6.92 Å². The predicted octanol–water partition coefficient (Wildman–Crippen LogP) is 2.22. The van der Waals surface area contributed by atoms with E-state index in [1.54, 1.807) is 0 Å². The number of hydrogen-bond donors (Lipinski definition) is 1. The van der Waals surface area contributed by atoms with Crippen molar-refractivity contribution in [3.63, 3.8) is 0 Å². The number of aryl methyl sites for hydroxylation is 1. The summed E-state index contributed by atoms with van der Waals surface area (Å²) in [6.07, 6.45) is 1.96. The number of hydrogen-bond acceptors (Lipinski definition) is 7. The number of rotatable bonds is 5. The van der Waals surface area contributed by atoms with E-state index in [2.05, 4.69) is 25.5 Å². The molecule has 0 amide bonds. The van der Waals surface area contributed by atoms with Gasteiger partial charge in [-0.25, -0.2) is 9.97 Å². The molecule has 0 unspecified atom stereocenters. The third-order valence-corrected chi connectivity index (χ3v) is 3.98. The first-order valence-electron chi connectivity index (χ1n) is 5.84. The lowest BCUT2D eigenvalue weighted by molar-refractivity contribution is 0.762. The second-order valence-electron chi connectivity index (χ2n) is 3.80. The van der Waals surface area contributed by atoms with E-state index in [1.807, 2.05) is 37.8 Å². The highest BCUT2D eigenvalue weighted by molar-refractivity contribution is 7.99. The van der Waals surface area contributed by atoms with Gasteiger partial charge >= 0.3 is 0 Å². The molecule has 0 spiro atoms. The van der Waals surface area contributed by atoms with Gasteiger partial charge in [-0.15, -0.1) is 10.2 Å². The minimum Gasteiger partial charge on any atom is -0.370 e. The molecule has 0 aliphatic heterocycles. The standard InChI is InChI=1S/C11H16N6S2/c1-5-12-8-6-9(14-10(13-8)18-4)19-11-16-15-7(2)17(11)3/h6H,5H2,1-4H3,(H,12,13,14). The van der Waals surface area contributed by atoms with Crippen LogP contribution >= 0.6 is 23.5 Å². The Hall–Kier alpha value is -1.28. The molecule has 0 radical (unpaired) electrons. The van der Waals surface area contributed by atoms with Crippen LogP contribution in [0.15, 0.2) is 21.4 Å². The predicted molar refractivity (Wildman–Crippen MR) is 77.8 cm³/mol. The average molecular weight is 296 g/mol. The molecule has 0 fully saturated rings. The summed E-state index contributed by atoms with van der Waals surface area (Å²) in [7, 11) is 1.94. The monoisotopic (exact) mass is 296 g/mol. The highest BCUT2D eigenvalue weighted by atomic mass is 32.2. The third kappa shape index (κ3) is 3.38. The first-order chi connectivity index (χ1) is 9.13. The fourth-order valence-corrected chi connectivity index (χ4v) is 2.67. The molecule has 1 N–H and O–H groups in total. The van der Waals surface area contributed by atoms with Crippen molar-refractivity contribution < 1.29 is 0 Å². The van der Waals surface area contributed by atoms with E-state index in [-0.39, 0.29) is 0 Å². The maximum atomic E-state index is 4.47. The summed E-state index contributed by atoms with van der Waals surface area (Å²) < 4.78 is 1.94. The minimum atomic E-state index is 0.750. The molecule has 0 saturated heterocycles. The number of nitrogens with zero attached hydrogens (tertiary/aromatic N) is 5. The molecule has 102 valence electrons. The van der Waals surface area contributed by atoms with E-state index in [4.69, 9.17) is 0 Å². The van der Waals surface area contributed by atoms with Gasteiger partial charge < -0.3 is 9.88 Å². The van der Waals surface area contributed by atoms with Crippen molar-refractivity contribution in [3.8, 4) is 0 Å². The summed E-state index contributed by atoms with van der Waals surface area (Å²) >= 11 is 3.01. The molecule has 8 heteroatoms. The molecule has 0 aliphatic rings. The molecular formula is C11H16N6S2. The van der Waals surface area contributed by atoms with E-state index < -0.39 is 0 Å². The number of anilines is 1. The topological polar surface area (TPSA) is 68.5 Å². The highest BCUT2D eigenvalue weighted by Crippen LogP contribution is 2.27. The Bertz CT molecular complexity index is 568. The Morgan fingerprint density at radius 2 is 2.11 bits per heavy atom. The van der Waals surface area contributed by atoms with Gasteiger partial charge in [0, 0.05) is 19.7 Å². The van der Waals surface area contributed by atoms with Gasteiger partial charge in [-0.1, -0.05) is 11.8 Å². The lowest BCUT2D eigenvalue weighted by Gasteiger charge is -2.07. The van der Waals surface area contributed by atoms with Gasteiger partial charge in [-0.3, -0.25) is 0 Å². The molecule has 2 aromatic heterocycles. The molecule has 0 aliphatic carbocycles. The summed E-state index contributed by atoms with van der Waals surface area (Å²) in [4.78, 5) is 8.87. The Morgan fingerprint density at radius 3 is 2.68 bits per heavy atom. The molecule has 2 heterocycles. The van der Waals surface area contributed by atoms with Crippen LogP contribution in [0.3, 0.4) is 0 Å². The smallest absolute Gasteiger partial charge is 0.197 e. The van der Waals surface area contributed by atoms with E-state index in [9.17, 15) is 0 Å². The first-order valence-corrected chi connectivity index (χ1v) is 7.89. The van der Waals surface area contributed by atoms with Crippen molar-refractivity contribution in [1.82, 2.24) is 24.7 Å². The SMILES string of the molecule is CCNc1cc(Sc2nnc(C)n2C)nc(SC)n1. The van der Waals surface area contributed by atoms with Crippen LogP contribution in [0.25, 0.3) is 0 Å². The van der Waals surface area contributed by atoms with Crippen LogP contribution in [0.5, 0.6) is 0 Å². The summed E-state index contributed by atoms with van der Waals surface area (Å²) in [5.74, 6) is 1.72. The van der Waals surface area contributed by atoms with E-state index in [1.165, 1.54) is 23.5 Å². The molecule has 2 rings (SSSR count). The Labute approximate surface area is 120 Å². The zero-order valence-corrected chi connectivity index (χ0v) is 13.0. The Morgan fingerprint density at radius 1 is 1.32 bits per heavy atom. The fourth-order valence-electron chi connectivity index (χ4n) is 1.39. The highest BCUT2D eigenvalue weighted by Gasteiger charge is 2.10. The third-order valence-electron chi connectivity index (χ3n) is 2.47. The summed E-state index contributed by atoms with van der Waals surface area (Å²) in [5, 5.41) is 13.8. The summed E-state index contributed by atoms with van der Waals surface area (Å²) in [5.41, 5.74) is 0. The molecule has 6 nitrogen and oxygen atoms in total. The molecule has 2 aromatic rings. The Balaban J connectivity index is 2.28. The van der Waals surface area contributed by atoms with Crippen LogP contribution in [0.2, 0.25) is 0 Å². The van der Waals surface area contributed by atoms with Gasteiger partial charge in [0.05, 0.1) is 0 Å². The van der Waals surface area contributed by atoms with Gasteiger partial charge in [-0.05, 0) is 31.9 Å². The van der Waals surface area contributed by atoms with Crippen LogP contribution in [0.4, 0.5) is 5.82 Å².